The molecule has 8 nitrogen and oxygen atoms in total. The summed E-state index contributed by atoms with van der Waals surface area (Å²) in [5.74, 6) is 0.762. The second-order valence-corrected chi connectivity index (χ2v) is 8.72. The van der Waals surface area contributed by atoms with Crippen LogP contribution in [0.2, 0.25) is 0 Å². The molecule has 2 aromatic heterocycles. The van der Waals surface area contributed by atoms with Crippen molar-refractivity contribution in [1.82, 2.24) is 19.9 Å². The number of carbonyl (C=O) groups is 1. The van der Waals surface area contributed by atoms with E-state index in [9.17, 15) is 10.1 Å². The number of anilines is 1. The molecule has 0 aromatic carbocycles. The molecule has 2 aromatic rings. The summed E-state index contributed by atoms with van der Waals surface area (Å²) in [6.45, 7) is 7.94. The van der Waals surface area contributed by atoms with E-state index in [1.54, 1.807) is 6.20 Å². The van der Waals surface area contributed by atoms with Gasteiger partial charge in [-0.15, -0.1) is 0 Å². The third kappa shape index (κ3) is 3.15. The van der Waals surface area contributed by atoms with Crippen LogP contribution in [0.4, 0.5) is 10.6 Å². The van der Waals surface area contributed by atoms with Gasteiger partial charge in [0.1, 0.15) is 29.5 Å². The second kappa shape index (κ2) is 6.66. The molecule has 1 amide bonds. The Labute approximate surface area is 164 Å². The summed E-state index contributed by atoms with van der Waals surface area (Å²) in [6.07, 6.45) is 6.79. The monoisotopic (exact) mass is 382 g/mol. The first-order valence-electron chi connectivity index (χ1n) is 9.81. The van der Waals surface area contributed by atoms with Gasteiger partial charge in [-0.2, -0.15) is 5.26 Å². The fraction of sp³-hybridized carbons (Fsp3) is 0.600. The molecule has 4 rings (SSSR count). The fourth-order valence-corrected chi connectivity index (χ4v) is 4.53. The van der Waals surface area contributed by atoms with Gasteiger partial charge in [-0.05, 0) is 46.5 Å². The van der Waals surface area contributed by atoms with Crippen molar-refractivity contribution in [3.8, 4) is 6.07 Å². The molecule has 2 aliphatic heterocycles. The molecule has 8 heteroatoms. The Morgan fingerprint density at radius 3 is 2.75 bits per heavy atom. The maximum atomic E-state index is 12.9. The third-order valence-electron chi connectivity index (χ3n) is 5.64. The molecule has 1 unspecified atom stereocenters. The average molecular weight is 382 g/mol. The molecule has 28 heavy (non-hydrogen) atoms. The number of H-pyrrole nitrogens is 1. The number of ether oxygens (including phenoxy) is 1. The first-order valence-corrected chi connectivity index (χ1v) is 9.81. The number of aromatic amines is 1. The van der Waals surface area contributed by atoms with Crippen LogP contribution in [0.1, 0.15) is 52.0 Å². The minimum absolute atomic E-state index is 0.237. The quantitative estimate of drug-likeness (QED) is 0.813. The number of nitrogens with zero attached hydrogens (tertiary/aromatic N) is 5. The van der Waals surface area contributed by atoms with Crippen LogP contribution in [-0.4, -0.2) is 56.7 Å². The molecular formula is C20H26N6O2. The number of likely N-dealkylation sites (tertiary alicyclic amines) is 1. The van der Waals surface area contributed by atoms with Gasteiger partial charge in [0.15, 0.2) is 0 Å². The van der Waals surface area contributed by atoms with Gasteiger partial charge in [-0.1, -0.05) is 0 Å². The van der Waals surface area contributed by atoms with Crippen LogP contribution in [-0.2, 0) is 4.74 Å². The van der Waals surface area contributed by atoms with E-state index in [2.05, 4.69) is 25.9 Å². The Morgan fingerprint density at radius 1 is 1.29 bits per heavy atom. The Bertz CT molecular complexity index is 940. The van der Waals surface area contributed by atoms with E-state index in [4.69, 9.17) is 4.74 Å². The number of nitriles is 1. The predicted octanol–water partition coefficient (Wildman–Crippen LogP) is 3.20. The van der Waals surface area contributed by atoms with E-state index in [0.29, 0.717) is 17.8 Å². The molecule has 2 saturated heterocycles. The first-order chi connectivity index (χ1) is 13.3. The summed E-state index contributed by atoms with van der Waals surface area (Å²) in [5, 5.41) is 10.2. The maximum Gasteiger partial charge on any atom is 0.410 e. The van der Waals surface area contributed by atoms with Crippen LogP contribution in [0.15, 0.2) is 12.5 Å². The SMILES string of the molecule is CC(C)(C)OC(=O)N1CCCC12CCCN(c1ncnc3[nH]cc(C#N)c13)C2. The Balaban J connectivity index is 1.66. The zero-order valence-corrected chi connectivity index (χ0v) is 16.7. The molecule has 148 valence electrons. The average Bonchev–Trinajstić information content (AvgIpc) is 3.24. The van der Waals surface area contributed by atoms with Crippen molar-refractivity contribution in [1.29, 1.82) is 5.26 Å². The van der Waals surface area contributed by atoms with Crippen molar-refractivity contribution < 1.29 is 9.53 Å². The van der Waals surface area contributed by atoms with Crippen molar-refractivity contribution in [3.05, 3.63) is 18.1 Å². The lowest BCUT2D eigenvalue weighted by Crippen LogP contribution is -2.58. The number of piperidine rings is 1. The van der Waals surface area contributed by atoms with Gasteiger partial charge in [0.25, 0.3) is 0 Å². The third-order valence-corrected chi connectivity index (χ3v) is 5.64. The second-order valence-electron chi connectivity index (χ2n) is 8.72. The van der Waals surface area contributed by atoms with Crippen molar-refractivity contribution >= 4 is 22.9 Å². The van der Waals surface area contributed by atoms with Crippen molar-refractivity contribution in [2.75, 3.05) is 24.5 Å². The van der Waals surface area contributed by atoms with Gasteiger partial charge in [-0.25, -0.2) is 14.8 Å². The highest BCUT2D eigenvalue weighted by Crippen LogP contribution is 2.40. The number of nitrogens with one attached hydrogen (secondary N) is 1. The summed E-state index contributed by atoms with van der Waals surface area (Å²) in [5.41, 5.74) is 0.444. The van der Waals surface area contributed by atoms with E-state index in [1.807, 2.05) is 25.7 Å². The largest absolute Gasteiger partial charge is 0.444 e. The summed E-state index contributed by atoms with van der Waals surface area (Å²) in [4.78, 5) is 28.8. The summed E-state index contributed by atoms with van der Waals surface area (Å²) < 4.78 is 5.68. The summed E-state index contributed by atoms with van der Waals surface area (Å²) >= 11 is 0. The van der Waals surface area contributed by atoms with Gasteiger partial charge >= 0.3 is 6.09 Å². The predicted molar refractivity (Wildman–Crippen MR) is 105 cm³/mol. The lowest BCUT2D eigenvalue weighted by molar-refractivity contribution is 0.00520. The number of hydrogen-bond acceptors (Lipinski definition) is 6. The van der Waals surface area contributed by atoms with Crippen LogP contribution in [0.5, 0.6) is 0 Å². The highest BCUT2D eigenvalue weighted by Gasteiger charge is 2.48. The lowest BCUT2D eigenvalue weighted by Gasteiger charge is -2.46. The lowest BCUT2D eigenvalue weighted by atomic mass is 9.86. The van der Waals surface area contributed by atoms with Crippen molar-refractivity contribution in [3.63, 3.8) is 0 Å². The van der Waals surface area contributed by atoms with Crippen molar-refractivity contribution in [2.45, 2.75) is 57.6 Å². The normalized spacial score (nSPS) is 22.6. The van der Waals surface area contributed by atoms with E-state index < -0.39 is 5.60 Å². The van der Waals surface area contributed by atoms with E-state index in [0.717, 1.165) is 50.0 Å². The molecule has 2 fully saturated rings. The minimum atomic E-state index is -0.513. The van der Waals surface area contributed by atoms with E-state index >= 15 is 0 Å². The zero-order chi connectivity index (χ0) is 19.9. The Kier molecular flexibility index (Phi) is 4.41. The summed E-state index contributed by atoms with van der Waals surface area (Å²) in [7, 11) is 0. The molecule has 2 aliphatic rings. The number of amides is 1. The summed E-state index contributed by atoms with van der Waals surface area (Å²) in [6, 6.07) is 2.22. The zero-order valence-electron chi connectivity index (χ0n) is 16.7. The minimum Gasteiger partial charge on any atom is -0.444 e. The van der Waals surface area contributed by atoms with Gasteiger partial charge < -0.3 is 19.5 Å². The van der Waals surface area contributed by atoms with E-state index in [1.165, 1.54) is 6.33 Å². The molecule has 1 N–H and O–H groups in total. The molecule has 0 aliphatic carbocycles. The van der Waals surface area contributed by atoms with Gasteiger partial charge in [0.05, 0.1) is 16.5 Å². The fourth-order valence-electron chi connectivity index (χ4n) is 4.53. The highest BCUT2D eigenvalue weighted by molar-refractivity contribution is 5.92. The molecule has 0 radical (unpaired) electrons. The van der Waals surface area contributed by atoms with Crippen LogP contribution in [0.25, 0.3) is 11.0 Å². The van der Waals surface area contributed by atoms with Crippen molar-refractivity contribution in [2.24, 2.45) is 0 Å². The standard InChI is InChI=1S/C20H26N6O2/c1-19(2,3)28-18(27)26-9-5-7-20(26)6-4-8-25(12-20)17-15-14(10-21)11-22-16(15)23-13-24-17/h11,13H,4-9,12H2,1-3H3,(H,22,23,24). The first kappa shape index (κ1) is 18.5. The number of hydrogen-bond donors (Lipinski definition) is 1. The highest BCUT2D eigenvalue weighted by atomic mass is 16.6. The molecule has 0 saturated carbocycles. The number of fused-ring (bicyclic) bond motifs is 1. The Morgan fingerprint density at radius 2 is 2.04 bits per heavy atom. The number of aromatic nitrogens is 3. The van der Waals surface area contributed by atoms with Gasteiger partial charge in [-0.3, -0.25) is 0 Å². The molecular weight excluding hydrogens is 356 g/mol. The van der Waals surface area contributed by atoms with E-state index in [-0.39, 0.29) is 11.6 Å². The van der Waals surface area contributed by atoms with Crippen LogP contribution < -0.4 is 4.90 Å². The number of carbonyl (C=O) groups excluding carboxylic acids is 1. The smallest absolute Gasteiger partial charge is 0.410 e. The van der Waals surface area contributed by atoms with Crippen LogP contribution in [0.3, 0.4) is 0 Å². The van der Waals surface area contributed by atoms with Gasteiger partial charge in [0, 0.05) is 25.8 Å². The molecule has 1 atom stereocenters. The van der Waals surface area contributed by atoms with Gasteiger partial charge in [0.2, 0.25) is 0 Å². The topological polar surface area (TPSA) is 98.1 Å². The number of rotatable bonds is 1. The molecule has 0 bridgehead atoms. The Hall–Kier alpha value is -2.82. The van der Waals surface area contributed by atoms with Crippen LogP contribution in [0, 0.1) is 11.3 Å². The molecule has 4 heterocycles. The molecule has 1 spiro atoms. The maximum absolute atomic E-state index is 12.9. The van der Waals surface area contributed by atoms with Crippen LogP contribution >= 0.6 is 0 Å².